The van der Waals surface area contributed by atoms with E-state index in [0.717, 1.165) is 0 Å². The number of ether oxygens (including phenoxy) is 1. The first kappa shape index (κ1) is 22.7. The van der Waals surface area contributed by atoms with Crippen molar-refractivity contribution in [1.82, 2.24) is 0 Å². The molecule has 2 atom stereocenters. The lowest BCUT2D eigenvalue weighted by molar-refractivity contribution is -0.444. The third-order valence-electron chi connectivity index (χ3n) is 3.52. The van der Waals surface area contributed by atoms with Crippen LogP contribution in [0.3, 0.4) is 0 Å². The highest BCUT2D eigenvalue weighted by Crippen LogP contribution is 2.18. The smallest absolute Gasteiger partial charge is 0.269 e. The van der Waals surface area contributed by atoms with Crippen molar-refractivity contribution in [2.24, 2.45) is 0 Å². The number of para-hydroxylation sites is 1. The lowest BCUT2D eigenvalue weighted by Gasteiger charge is -2.13. The standard InChI is InChI=1S/C9H12N2O4.C9H8O4/c10-8(5-12)9(13)6-1-3-7(4-2-6)11(14)15;10-5-7-3-1-2-4-8(7)13-6-9(11)12/h1-4,8-9,12-13H,5,10H2;1-5H,6H2,(H,11,12). The van der Waals surface area contributed by atoms with Crippen molar-refractivity contribution in [3.8, 4) is 5.75 Å². The normalized spacial score (nSPS) is 12.1. The third kappa shape index (κ3) is 7.11. The monoisotopic (exact) mass is 392 g/mol. The molecule has 0 heterocycles. The van der Waals surface area contributed by atoms with E-state index in [1.165, 1.54) is 36.4 Å². The molecule has 0 saturated heterocycles. The minimum absolute atomic E-state index is 0.0319. The molecule has 28 heavy (non-hydrogen) atoms. The molecule has 2 aromatic rings. The van der Waals surface area contributed by atoms with Gasteiger partial charge in [-0.05, 0) is 29.8 Å². The van der Waals surface area contributed by atoms with Crippen LogP contribution >= 0.6 is 0 Å². The van der Waals surface area contributed by atoms with Crippen LogP contribution in [0.25, 0.3) is 0 Å². The highest BCUT2D eigenvalue weighted by atomic mass is 16.6. The second-order valence-electron chi connectivity index (χ2n) is 5.55. The summed E-state index contributed by atoms with van der Waals surface area (Å²) in [5, 5.41) is 38.8. The average Bonchev–Trinajstić information content (AvgIpc) is 2.71. The first-order chi connectivity index (χ1) is 13.3. The zero-order valence-electron chi connectivity index (χ0n) is 14.8. The van der Waals surface area contributed by atoms with Gasteiger partial charge in [-0.1, -0.05) is 12.1 Å². The van der Waals surface area contributed by atoms with Crippen molar-refractivity contribution in [2.75, 3.05) is 13.2 Å². The Kier molecular flexibility index (Phi) is 9.23. The Morgan fingerprint density at radius 2 is 1.82 bits per heavy atom. The Labute approximate surface area is 159 Å². The van der Waals surface area contributed by atoms with Crippen LogP contribution in [-0.2, 0) is 4.79 Å². The van der Waals surface area contributed by atoms with Gasteiger partial charge < -0.3 is 30.6 Å². The van der Waals surface area contributed by atoms with Crippen LogP contribution in [-0.4, -0.2) is 46.6 Å². The van der Waals surface area contributed by atoms with E-state index in [1.807, 2.05) is 0 Å². The second-order valence-corrected chi connectivity index (χ2v) is 5.55. The SMILES string of the molecule is O=Cc1ccccc1OCC(=O)[O-].[NH3+]C(CO)C(O)c1ccc([N+](=O)[O-])cc1. The van der Waals surface area contributed by atoms with E-state index in [9.17, 15) is 29.9 Å². The van der Waals surface area contributed by atoms with Crippen LogP contribution in [0, 0.1) is 10.1 Å². The Morgan fingerprint density at radius 1 is 1.21 bits per heavy atom. The van der Waals surface area contributed by atoms with Crippen LogP contribution in [0.1, 0.15) is 22.0 Å². The van der Waals surface area contributed by atoms with Crippen LogP contribution < -0.4 is 15.6 Å². The number of carboxylic acids is 1. The number of carboxylic acid groups (broad SMARTS) is 1. The molecule has 0 aromatic heterocycles. The number of nitro groups is 1. The Morgan fingerprint density at radius 3 is 2.32 bits per heavy atom. The largest absolute Gasteiger partial charge is 0.546 e. The number of non-ortho nitro benzene ring substituents is 1. The number of nitro benzene ring substituents is 1. The maximum Gasteiger partial charge on any atom is 0.269 e. The highest BCUT2D eigenvalue weighted by Gasteiger charge is 2.19. The number of carbonyl (C=O) groups excluding carboxylic acids is 2. The maximum absolute atomic E-state index is 10.4. The van der Waals surface area contributed by atoms with Gasteiger partial charge in [0.25, 0.3) is 5.69 Å². The number of aliphatic carboxylic acids is 1. The van der Waals surface area contributed by atoms with Crippen molar-refractivity contribution in [1.29, 1.82) is 0 Å². The van der Waals surface area contributed by atoms with Crippen LogP contribution in [0.4, 0.5) is 5.69 Å². The fourth-order valence-electron chi connectivity index (χ4n) is 2.01. The van der Waals surface area contributed by atoms with Gasteiger partial charge in [-0.3, -0.25) is 14.9 Å². The summed E-state index contributed by atoms with van der Waals surface area (Å²) in [6.45, 7) is -0.789. The summed E-state index contributed by atoms with van der Waals surface area (Å²) in [4.78, 5) is 30.3. The summed E-state index contributed by atoms with van der Waals surface area (Å²) < 4.78 is 4.80. The summed E-state index contributed by atoms with van der Waals surface area (Å²) in [6, 6.07) is 11.4. The van der Waals surface area contributed by atoms with Gasteiger partial charge in [0.1, 0.15) is 24.5 Å². The summed E-state index contributed by atoms with van der Waals surface area (Å²) in [7, 11) is 0. The van der Waals surface area contributed by atoms with Gasteiger partial charge in [-0.25, -0.2) is 0 Å². The second kappa shape index (κ2) is 11.4. The number of benzene rings is 2. The lowest BCUT2D eigenvalue weighted by Crippen LogP contribution is -2.65. The number of quaternary nitrogens is 1. The van der Waals surface area contributed by atoms with E-state index >= 15 is 0 Å². The fraction of sp³-hybridized carbons (Fsp3) is 0.222. The third-order valence-corrected chi connectivity index (χ3v) is 3.52. The van der Waals surface area contributed by atoms with Gasteiger partial charge in [0, 0.05) is 12.1 Å². The number of rotatable bonds is 8. The van der Waals surface area contributed by atoms with Gasteiger partial charge in [-0.2, -0.15) is 0 Å². The van der Waals surface area contributed by atoms with Crippen LogP contribution in [0.5, 0.6) is 5.75 Å². The molecular formula is C18H20N2O8. The predicted molar refractivity (Wildman–Crippen MR) is 94.1 cm³/mol. The molecule has 5 N–H and O–H groups in total. The minimum atomic E-state index is -1.32. The highest BCUT2D eigenvalue weighted by molar-refractivity contribution is 5.79. The van der Waals surface area contributed by atoms with Crippen LogP contribution in [0.2, 0.25) is 0 Å². The van der Waals surface area contributed by atoms with Gasteiger partial charge in [0.15, 0.2) is 6.29 Å². The summed E-state index contributed by atoms with van der Waals surface area (Å²) in [5.41, 5.74) is 4.36. The molecule has 0 spiro atoms. The molecular weight excluding hydrogens is 372 g/mol. The van der Waals surface area contributed by atoms with E-state index in [2.05, 4.69) is 5.73 Å². The van der Waals surface area contributed by atoms with E-state index in [4.69, 9.17) is 9.84 Å². The average molecular weight is 392 g/mol. The van der Waals surface area contributed by atoms with Crippen molar-refractivity contribution < 1.29 is 40.3 Å². The predicted octanol–water partition coefficient (Wildman–Crippen LogP) is -1.14. The van der Waals surface area contributed by atoms with Crippen molar-refractivity contribution in [2.45, 2.75) is 12.1 Å². The summed E-state index contributed by atoms with van der Waals surface area (Å²) in [5.74, 6) is -1.07. The van der Waals surface area contributed by atoms with Gasteiger partial charge >= 0.3 is 0 Å². The molecule has 0 bridgehead atoms. The van der Waals surface area contributed by atoms with Crippen molar-refractivity contribution in [3.05, 3.63) is 69.8 Å². The molecule has 0 fully saturated rings. The number of hydrogen-bond acceptors (Lipinski definition) is 8. The summed E-state index contributed by atoms with van der Waals surface area (Å²) in [6.07, 6.45) is -0.305. The molecule has 10 nitrogen and oxygen atoms in total. The Balaban J connectivity index is 0.000000283. The summed E-state index contributed by atoms with van der Waals surface area (Å²) >= 11 is 0. The van der Waals surface area contributed by atoms with Crippen LogP contribution in [0.15, 0.2) is 48.5 Å². The van der Waals surface area contributed by atoms with Crippen molar-refractivity contribution in [3.63, 3.8) is 0 Å². The van der Waals surface area contributed by atoms with Gasteiger partial charge in [0.2, 0.25) is 0 Å². The Hall–Kier alpha value is -3.34. The molecule has 150 valence electrons. The molecule has 0 aliphatic rings. The van der Waals surface area contributed by atoms with Crippen molar-refractivity contribution >= 4 is 17.9 Å². The molecule has 10 heteroatoms. The quantitative estimate of drug-likeness (QED) is 0.286. The topological polar surface area (TPSA) is 178 Å². The molecule has 0 amide bonds. The number of carbonyl (C=O) groups is 2. The number of aldehydes is 1. The fourth-order valence-corrected chi connectivity index (χ4v) is 2.01. The zero-order chi connectivity index (χ0) is 21.1. The van der Waals surface area contributed by atoms with E-state index < -0.39 is 29.6 Å². The molecule has 2 aromatic carbocycles. The first-order valence-electron chi connectivity index (χ1n) is 8.03. The first-order valence-corrected chi connectivity index (χ1v) is 8.03. The number of aliphatic hydroxyl groups is 2. The van der Waals surface area contributed by atoms with Gasteiger partial charge in [-0.15, -0.1) is 0 Å². The minimum Gasteiger partial charge on any atom is -0.546 e. The number of hydrogen-bond donors (Lipinski definition) is 3. The molecule has 0 saturated carbocycles. The van der Waals surface area contributed by atoms with E-state index in [0.29, 0.717) is 17.4 Å². The van der Waals surface area contributed by atoms with E-state index in [-0.39, 0.29) is 18.0 Å². The molecule has 0 radical (unpaired) electrons. The zero-order valence-corrected chi connectivity index (χ0v) is 14.8. The molecule has 0 aliphatic carbocycles. The Bertz CT molecular complexity index is 794. The molecule has 0 aliphatic heterocycles. The molecule has 2 unspecified atom stereocenters. The molecule has 2 rings (SSSR count). The number of nitrogens with zero attached hydrogens (tertiary/aromatic N) is 1. The maximum atomic E-state index is 10.4. The number of aliphatic hydroxyl groups excluding tert-OH is 2. The lowest BCUT2D eigenvalue weighted by atomic mass is 10.0. The van der Waals surface area contributed by atoms with E-state index in [1.54, 1.807) is 12.1 Å². The van der Waals surface area contributed by atoms with Gasteiger partial charge in [0.05, 0.1) is 23.1 Å².